The number of nitrogens with one attached hydrogen (secondary N) is 1. The number of carbonyl (C=O) groups excluding carboxylic acids is 1. The van der Waals surface area contributed by atoms with E-state index in [2.05, 4.69) is 5.32 Å². The Kier molecular flexibility index (Phi) is 4.61. The Morgan fingerprint density at radius 2 is 2.22 bits per heavy atom. The van der Waals surface area contributed by atoms with E-state index in [-0.39, 0.29) is 11.9 Å². The van der Waals surface area contributed by atoms with Crippen LogP contribution in [0.2, 0.25) is 0 Å². The molecule has 1 aromatic heterocycles. The fraction of sp³-hybridized carbons (Fsp3) is 0.357. The Hall–Kier alpha value is -1.06. The lowest BCUT2D eigenvalue weighted by Crippen LogP contribution is -2.32. The first-order valence-electron chi connectivity index (χ1n) is 6.05. The smallest absolute Gasteiger partial charge is 0.252 e. The van der Waals surface area contributed by atoms with Crippen LogP contribution in [0.3, 0.4) is 0 Å². The second-order valence-electron chi connectivity index (χ2n) is 4.35. The van der Waals surface area contributed by atoms with Gasteiger partial charge in [0.15, 0.2) is 0 Å². The van der Waals surface area contributed by atoms with Crippen LogP contribution in [0, 0.1) is 0 Å². The SMILES string of the molecule is CC(CCCCl)NC(=O)c1csc2ccccc12. The van der Waals surface area contributed by atoms with Gasteiger partial charge in [0.25, 0.3) is 5.91 Å². The first kappa shape index (κ1) is 13.4. The van der Waals surface area contributed by atoms with Gasteiger partial charge in [-0.05, 0) is 25.8 Å². The van der Waals surface area contributed by atoms with E-state index in [1.54, 1.807) is 11.3 Å². The van der Waals surface area contributed by atoms with Gasteiger partial charge in [0, 0.05) is 27.4 Å². The lowest BCUT2D eigenvalue weighted by atomic mass is 10.1. The van der Waals surface area contributed by atoms with Gasteiger partial charge in [-0.1, -0.05) is 18.2 Å². The van der Waals surface area contributed by atoms with E-state index in [9.17, 15) is 4.79 Å². The number of hydrogen-bond acceptors (Lipinski definition) is 2. The average molecular weight is 282 g/mol. The fourth-order valence-corrected chi connectivity index (χ4v) is 3.01. The summed E-state index contributed by atoms with van der Waals surface area (Å²) in [5.74, 6) is 0.649. The molecule has 0 aliphatic carbocycles. The minimum absolute atomic E-state index is 0.00882. The molecule has 1 amide bonds. The number of benzene rings is 1. The topological polar surface area (TPSA) is 29.1 Å². The highest BCUT2D eigenvalue weighted by Gasteiger charge is 2.13. The maximum absolute atomic E-state index is 12.2. The monoisotopic (exact) mass is 281 g/mol. The number of carbonyl (C=O) groups is 1. The maximum atomic E-state index is 12.2. The molecule has 18 heavy (non-hydrogen) atoms. The zero-order valence-electron chi connectivity index (χ0n) is 10.3. The van der Waals surface area contributed by atoms with Crippen LogP contribution in [-0.4, -0.2) is 17.8 Å². The number of alkyl halides is 1. The fourth-order valence-electron chi connectivity index (χ4n) is 1.91. The Morgan fingerprint density at radius 1 is 1.44 bits per heavy atom. The number of thiophene rings is 1. The summed E-state index contributed by atoms with van der Waals surface area (Å²) in [6, 6.07) is 8.14. The number of hydrogen-bond donors (Lipinski definition) is 1. The molecule has 1 atom stereocenters. The molecule has 0 saturated heterocycles. The minimum atomic E-state index is 0.00882. The van der Waals surface area contributed by atoms with Gasteiger partial charge in [0.2, 0.25) is 0 Å². The molecule has 0 aliphatic rings. The van der Waals surface area contributed by atoms with Gasteiger partial charge < -0.3 is 5.32 Å². The molecule has 1 unspecified atom stereocenters. The lowest BCUT2D eigenvalue weighted by Gasteiger charge is -2.12. The van der Waals surface area contributed by atoms with Gasteiger partial charge in [0.05, 0.1) is 5.56 Å². The standard InChI is InChI=1S/C14H16ClNOS/c1-10(5-4-8-15)16-14(17)12-9-18-13-7-3-2-6-11(12)13/h2-3,6-7,9-10H,4-5,8H2,1H3,(H,16,17). The molecule has 2 aromatic rings. The Morgan fingerprint density at radius 3 is 3.00 bits per heavy atom. The van der Waals surface area contributed by atoms with Gasteiger partial charge in [-0.3, -0.25) is 4.79 Å². The molecule has 2 rings (SSSR count). The Balaban J connectivity index is 2.09. The maximum Gasteiger partial charge on any atom is 0.252 e. The van der Waals surface area contributed by atoms with E-state index in [1.165, 1.54) is 0 Å². The molecule has 0 saturated carbocycles. The van der Waals surface area contributed by atoms with Crippen molar-refractivity contribution < 1.29 is 4.79 Å². The molecule has 1 aromatic carbocycles. The summed E-state index contributed by atoms with van der Waals surface area (Å²) in [6.45, 7) is 2.01. The van der Waals surface area contributed by atoms with Crippen LogP contribution >= 0.6 is 22.9 Å². The summed E-state index contributed by atoms with van der Waals surface area (Å²) >= 11 is 7.25. The van der Waals surface area contributed by atoms with Crippen LogP contribution in [0.5, 0.6) is 0 Å². The highest BCUT2D eigenvalue weighted by molar-refractivity contribution is 7.17. The second-order valence-corrected chi connectivity index (χ2v) is 5.64. The van der Waals surface area contributed by atoms with Gasteiger partial charge in [0.1, 0.15) is 0 Å². The summed E-state index contributed by atoms with van der Waals surface area (Å²) < 4.78 is 1.15. The van der Waals surface area contributed by atoms with Crippen LogP contribution < -0.4 is 5.32 Å². The van der Waals surface area contributed by atoms with E-state index < -0.39 is 0 Å². The van der Waals surface area contributed by atoms with Gasteiger partial charge in [-0.25, -0.2) is 0 Å². The van der Waals surface area contributed by atoms with Crippen molar-refractivity contribution in [2.24, 2.45) is 0 Å². The van der Waals surface area contributed by atoms with Crippen LogP contribution in [0.15, 0.2) is 29.6 Å². The predicted octanol–water partition coefficient (Wildman–Crippen LogP) is 4.04. The highest BCUT2D eigenvalue weighted by atomic mass is 35.5. The van der Waals surface area contributed by atoms with Gasteiger partial charge in [-0.2, -0.15) is 0 Å². The van der Waals surface area contributed by atoms with Crippen molar-refractivity contribution in [2.75, 3.05) is 5.88 Å². The van der Waals surface area contributed by atoms with Crippen molar-refractivity contribution in [1.82, 2.24) is 5.32 Å². The molecular formula is C14H16ClNOS. The number of amides is 1. The predicted molar refractivity (Wildman–Crippen MR) is 78.7 cm³/mol. The molecular weight excluding hydrogens is 266 g/mol. The molecule has 1 N–H and O–H groups in total. The molecule has 0 fully saturated rings. The molecule has 0 aliphatic heterocycles. The van der Waals surface area contributed by atoms with E-state index in [0.717, 1.165) is 28.5 Å². The lowest BCUT2D eigenvalue weighted by molar-refractivity contribution is 0.0940. The Labute approximate surface area is 116 Å². The Bertz CT molecular complexity index is 537. The molecule has 4 heteroatoms. The average Bonchev–Trinajstić information content (AvgIpc) is 2.80. The van der Waals surface area contributed by atoms with E-state index in [1.807, 2.05) is 36.6 Å². The first-order valence-corrected chi connectivity index (χ1v) is 7.47. The summed E-state index contributed by atoms with van der Waals surface area (Å²) in [6.07, 6.45) is 1.84. The number of halogens is 1. The highest BCUT2D eigenvalue weighted by Crippen LogP contribution is 2.25. The quantitative estimate of drug-likeness (QED) is 0.824. The van der Waals surface area contributed by atoms with Crippen LogP contribution in [-0.2, 0) is 0 Å². The minimum Gasteiger partial charge on any atom is -0.350 e. The molecule has 2 nitrogen and oxygen atoms in total. The zero-order chi connectivity index (χ0) is 13.0. The van der Waals surface area contributed by atoms with E-state index in [0.29, 0.717) is 5.88 Å². The van der Waals surface area contributed by atoms with Crippen LogP contribution in [0.4, 0.5) is 0 Å². The zero-order valence-corrected chi connectivity index (χ0v) is 11.9. The van der Waals surface area contributed by atoms with Crippen molar-refractivity contribution in [3.05, 3.63) is 35.2 Å². The molecule has 1 heterocycles. The van der Waals surface area contributed by atoms with Crippen LogP contribution in [0.25, 0.3) is 10.1 Å². The van der Waals surface area contributed by atoms with Crippen molar-refractivity contribution >= 4 is 38.9 Å². The molecule has 0 spiro atoms. The van der Waals surface area contributed by atoms with Crippen LogP contribution in [0.1, 0.15) is 30.1 Å². The van der Waals surface area contributed by atoms with Gasteiger partial charge >= 0.3 is 0 Å². The van der Waals surface area contributed by atoms with Crippen molar-refractivity contribution in [2.45, 2.75) is 25.8 Å². The molecule has 0 radical (unpaired) electrons. The normalized spacial score (nSPS) is 12.6. The van der Waals surface area contributed by atoms with Gasteiger partial charge in [-0.15, -0.1) is 22.9 Å². The molecule has 96 valence electrons. The third-order valence-electron chi connectivity index (χ3n) is 2.87. The summed E-state index contributed by atoms with van der Waals surface area (Å²) in [4.78, 5) is 12.2. The van der Waals surface area contributed by atoms with Crippen molar-refractivity contribution in [1.29, 1.82) is 0 Å². The molecule has 0 bridgehead atoms. The number of rotatable bonds is 5. The third kappa shape index (κ3) is 3.03. The van der Waals surface area contributed by atoms with E-state index in [4.69, 9.17) is 11.6 Å². The second kappa shape index (κ2) is 6.21. The van der Waals surface area contributed by atoms with Crippen molar-refractivity contribution in [3.63, 3.8) is 0 Å². The van der Waals surface area contributed by atoms with Crippen molar-refractivity contribution in [3.8, 4) is 0 Å². The summed E-state index contributed by atoms with van der Waals surface area (Å²) in [5, 5.41) is 5.98. The van der Waals surface area contributed by atoms with E-state index >= 15 is 0 Å². The summed E-state index contributed by atoms with van der Waals surface area (Å²) in [7, 11) is 0. The third-order valence-corrected chi connectivity index (χ3v) is 4.10. The number of fused-ring (bicyclic) bond motifs is 1. The largest absolute Gasteiger partial charge is 0.350 e. The first-order chi connectivity index (χ1) is 8.72. The summed E-state index contributed by atoms with van der Waals surface area (Å²) in [5.41, 5.74) is 0.772.